The van der Waals surface area contributed by atoms with Gasteiger partial charge in [0.25, 0.3) is 0 Å². The van der Waals surface area contributed by atoms with Gasteiger partial charge in [0.1, 0.15) is 0 Å². The Labute approximate surface area is 89.9 Å². The van der Waals surface area contributed by atoms with Crippen LogP contribution in [0, 0.1) is 0 Å². The molecule has 1 aliphatic rings. The molecule has 14 heavy (non-hydrogen) atoms. The maximum Gasteiger partial charge on any atom is 0.304 e. The van der Waals surface area contributed by atoms with E-state index in [-0.39, 0.29) is 12.5 Å². The summed E-state index contributed by atoms with van der Waals surface area (Å²) in [6, 6.07) is 0.722. The number of carboxylic acid groups (broad SMARTS) is 1. The summed E-state index contributed by atoms with van der Waals surface area (Å²) in [7, 11) is 2.05. The Morgan fingerprint density at radius 2 is 2.43 bits per heavy atom. The van der Waals surface area contributed by atoms with Crippen molar-refractivity contribution in [3.63, 3.8) is 0 Å². The maximum atomic E-state index is 10.6. The summed E-state index contributed by atoms with van der Waals surface area (Å²) in [5.74, 6) is 1.71. The smallest absolute Gasteiger partial charge is 0.304 e. The fourth-order valence-electron chi connectivity index (χ4n) is 1.80. The third-order valence-corrected chi connectivity index (χ3v) is 4.08. The number of thioether (sulfide) groups is 1. The first-order chi connectivity index (χ1) is 6.61. The summed E-state index contributed by atoms with van der Waals surface area (Å²) < 4.78 is 0. The molecule has 0 radical (unpaired) electrons. The van der Waals surface area contributed by atoms with Crippen LogP contribution >= 0.6 is 11.8 Å². The van der Waals surface area contributed by atoms with E-state index in [2.05, 4.69) is 4.90 Å². The third kappa shape index (κ3) is 3.50. The van der Waals surface area contributed by atoms with Crippen LogP contribution in [-0.4, -0.2) is 46.6 Å². The van der Waals surface area contributed by atoms with Gasteiger partial charge in [0.05, 0.1) is 6.42 Å². The fourth-order valence-corrected chi connectivity index (χ4v) is 3.01. The van der Waals surface area contributed by atoms with Crippen molar-refractivity contribution in [1.29, 1.82) is 0 Å². The van der Waals surface area contributed by atoms with E-state index in [0.717, 1.165) is 5.75 Å². The average molecular weight is 217 g/mol. The summed E-state index contributed by atoms with van der Waals surface area (Å²) in [5, 5.41) is 8.70. The maximum absolute atomic E-state index is 10.6. The van der Waals surface area contributed by atoms with Gasteiger partial charge in [-0.2, -0.15) is 11.8 Å². The highest BCUT2D eigenvalue weighted by atomic mass is 32.2. The van der Waals surface area contributed by atoms with E-state index in [0.29, 0.717) is 6.04 Å². The molecule has 0 aromatic rings. The lowest BCUT2D eigenvalue weighted by Crippen LogP contribution is -2.42. The van der Waals surface area contributed by atoms with Crippen molar-refractivity contribution in [2.75, 3.05) is 18.6 Å². The molecular weight excluding hydrogens is 198 g/mol. The SMILES string of the molecule is CC(CC(=O)O)N(C)C1CCCSC1. The second kappa shape index (κ2) is 5.61. The van der Waals surface area contributed by atoms with Crippen molar-refractivity contribution in [3.05, 3.63) is 0 Å². The van der Waals surface area contributed by atoms with Crippen LogP contribution in [0.1, 0.15) is 26.2 Å². The van der Waals surface area contributed by atoms with Gasteiger partial charge in [-0.05, 0) is 32.6 Å². The zero-order chi connectivity index (χ0) is 10.6. The second-order valence-electron chi connectivity index (χ2n) is 3.98. The molecule has 0 aliphatic carbocycles. The lowest BCUT2D eigenvalue weighted by molar-refractivity contribution is -0.138. The van der Waals surface area contributed by atoms with Crippen LogP contribution in [0.25, 0.3) is 0 Å². The van der Waals surface area contributed by atoms with Gasteiger partial charge in [-0.15, -0.1) is 0 Å². The Kier molecular flexibility index (Phi) is 4.75. The van der Waals surface area contributed by atoms with Gasteiger partial charge >= 0.3 is 5.97 Å². The highest BCUT2D eigenvalue weighted by molar-refractivity contribution is 7.99. The van der Waals surface area contributed by atoms with Crippen molar-refractivity contribution >= 4 is 17.7 Å². The van der Waals surface area contributed by atoms with Crippen molar-refractivity contribution in [1.82, 2.24) is 4.90 Å². The molecule has 0 bridgehead atoms. The van der Waals surface area contributed by atoms with Crippen LogP contribution in [-0.2, 0) is 4.79 Å². The highest BCUT2D eigenvalue weighted by Gasteiger charge is 2.23. The minimum Gasteiger partial charge on any atom is -0.481 e. The van der Waals surface area contributed by atoms with Crippen LogP contribution in [0.5, 0.6) is 0 Å². The van der Waals surface area contributed by atoms with Crippen LogP contribution in [0.2, 0.25) is 0 Å². The summed E-state index contributed by atoms with van der Waals surface area (Å²) in [6.07, 6.45) is 2.73. The topological polar surface area (TPSA) is 40.5 Å². The molecule has 0 saturated carbocycles. The standard InChI is InChI=1S/C10H19NO2S/c1-8(6-10(12)13)11(2)9-4-3-5-14-7-9/h8-9H,3-7H2,1-2H3,(H,12,13). The molecule has 1 aliphatic heterocycles. The first kappa shape index (κ1) is 11.9. The normalized spacial score (nSPS) is 24.9. The third-order valence-electron chi connectivity index (χ3n) is 2.88. The van der Waals surface area contributed by atoms with Crippen LogP contribution < -0.4 is 0 Å². The average Bonchev–Trinajstić information content (AvgIpc) is 2.17. The molecule has 82 valence electrons. The number of rotatable bonds is 4. The van der Waals surface area contributed by atoms with Crippen molar-refractivity contribution in [2.45, 2.75) is 38.3 Å². The predicted molar refractivity (Wildman–Crippen MR) is 59.8 cm³/mol. The summed E-state index contributed by atoms with van der Waals surface area (Å²) in [5.41, 5.74) is 0. The molecule has 1 saturated heterocycles. The van der Waals surface area contributed by atoms with Crippen LogP contribution in [0.3, 0.4) is 0 Å². The van der Waals surface area contributed by atoms with Crippen molar-refractivity contribution in [3.8, 4) is 0 Å². The molecule has 0 amide bonds. The minimum absolute atomic E-state index is 0.149. The van der Waals surface area contributed by atoms with Crippen molar-refractivity contribution < 1.29 is 9.90 Å². The number of carbonyl (C=O) groups is 1. The van der Waals surface area contributed by atoms with Gasteiger partial charge in [0.2, 0.25) is 0 Å². The molecule has 0 spiro atoms. The monoisotopic (exact) mass is 217 g/mol. The van der Waals surface area contributed by atoms with Gasteiger partial charge in [-0.3, -0.25) is 9.69 Å². The molecule has 2 atom stereocenters. The molecule has 4 heteroatoms. The number of hydrogen-bond acceptors (Lipinski definition) is 3. The Morgan fingerprint density at radius 3 is 2.93 bits per heavy atom. The first-order valence-corrected chi connectivity index (χ1v) is 6.28. The number of nitrogens with zero attached hydrogens (tertiary/aromatic N) is 1. The first-order valence-electron chi connectivity index (χ1n) is 5.12. The Hall–Kier alpha value is -0.220. The number of carboxylic acids is 1. The van der Waals surface area contributed by atoms with E-state index in [1.165, 1.54) is 18.6 Å². The van der Waals surface area contributed by atoms with E-state index in [9.17, 15) is 4.79 Å². The Morgan fingerprint density at radius 1 is 1.71 bits per heavy atom. The zero-order valence-corrected chi connectivity index (χ0v) is 9.72. The van der Waals surface area contributed by atoms with E-state index in [4.69, 9.17) is 5.11 Å². The molecular formula is C10H19NO2S. The molecule has 1 N–H and O–H groups in total. The molecule has 1 rings (SSSR count). The van der Waals surface area contributed by atoms with Gasteiger partial charge in [-0.1, -0.05) is 0 Å². The van der Waals surface area contributed by atoms with E-state index < -0.39 is 5.97 Å². The molecule has 0 aromatic carbocycles. The van der Waals surface area contributed by atoms with E-state index in [1.807, 2.05) is 25.7 Å². The van der Waals surface area contributed by atoms with Crippen LogP contribution in [0.4, 0.5) is 0 Å². The quantitative estimate of drug-likeness (QED) is 0.778. The summed E-state index contributed by atoms with van der Waals surface area (Å²) in [4.78, 5) is 12.8. The summed E-state index contributed by atoms with van der Waals surface area (Å²) >= 11 is 1.98. The second-order valence-corrected chi connectivity index (χ2v) is 5.13. The van der Waals surface area contributed by atoms with E-state index >= 15 is 0 Å². The van der Waals surface area contributed by atoms with Crippen molar-refractivity contribution in [2.24, 2.45) is 0 Å². The van der Waals surface area contributed by atoms with Gasteiger partial charge in [0.15, 0.2) is 0 Å². The van der Waals surface area contributed by atoms with Gasteiger partial charge < -0.3 is 5.11 Å². The molecule has 1 heterocycles. The zero-order valence-electron chi connectivity index (χ0n) is 8.90. The van der Waals surface area contributed by atoms with E-state index in [1.54, 1.807) is 0 Å². The Bertz CT molecular complexity index is 193. The predicted octanol–water partition coefficient (Wildman–Crippen LogP) is 1.68. The Balaban J connectivity index is 2.37. The number of aliphatic carboxylic acids is 1. The van der Waals surface area contributed by atoms with Gasteiger partial charge in [-0.25, -0.2) is 0 Å². The molecule has 2 unspecified atom stereocenters. The number of hydrogen-bond donors (Lipinski definition) is 1. The van der Waals surface area contributed by atoms with Gasteiger partial charge in [0, 0.05) is 17.8 Å². The minimum atomic E-state index is -0.701. The van der Waals surface area contributed by atoms with Crippen LogP contribution in [0.15, 0.2) is 0 Å². The lowest BCUT2D eigenvalue weighted by Gasteiger charge is -2.34. The highest BCUT2D eigenvalue weighted by Crippen LogP contribution is 2.22. The molecule has 0 aromatic heterocycles. The molecule has 3 nitrogen and oxygen atoms in total. The summed E-state index contributed by atoms with van der Waals surface area (Å²) in [6.45, 7) is 1.99. The lowest BCUT2D eigenvalue weighted by atomic mass is 10.1. The largest absolute Gasteiger partial charge is 0.481 e. The fraction of sp³-hybridized carbons (Fsp3) is 0.900. The molecule has 1 fully saturated rings.